The molecule has 8 heteroatoms. The highest BCUT2D eigenvalue weighted by molar-refractivity contribution is 5.86. The third kappa shape index (κ3) is 6.23. The normalized spacial score (nSPS) is 20.6. The number of piperidine rings is 2. The van der Waals surface area contributed by atoms with Gasteiger partial charge in [-0.3, -0.25) is 19.5 Å². The number of H-pyrrole nitrogens is 1. The Hall–Kier alpha value is -3.26. The quantitative estimate of drug-likeness (QED) is 0.338. The highest BCUT2D eigenvalue weighted by atomic mass is 16.2. The number of hydrogen-bond donors (Lipinski definition) is 3. The first-order valence-electron chi connectivity index (χ1n) is 14.3. The molecule has 0 bridgehead atoms. The predicted octanol–water partition coefficient (Wildman–Crippen LogP) is 4.74. The van der Waals surface area contributed by atoms with Gasteiger partial charge in [0, 0.05) is 42.9 Å². The summed E-state index contributed by atoms with van der Waals surface area (Å²) in [6.45, 7) is 2.23. The molecule has 0 spiro atoms. The first-order valence-corrected chi connectivity index (χ1v) is 14.3. The Morgan fingerprint density at radius 1 is 1.05 bits per heavy atom. The number of amides is 2. The van der Waals surface area contributed by atoms with E-state index in [0.717, 1.165) is 85.9 Å². The van der Waals surface area contributed by atoms with Crippen molar-refractivity contribution in [3.8, 4) is 11.3 Å². The first kappa shape index (κ1) is 26.4. The lowest BCUT2D eigenvalue weighted by molar-refractivity contribution is -0.130. The van der Waals surface area contributed by atoms with Crippen LogP contribution in [0.2, 0.25) is 0 Å². The molecule has 2 aliphatic heterocycles. The van der Waals surface area contributed by atoms with Gasteiger partial charge in [0.2, 0.25) is 11.8 Å². The number of aromatic nitrogens is 3. The summed E-state index contributed by atoms with van der Waals surface area (Å²) < 4.78 is 0. The van der Waals surface area contributed by atoms with Crippen LogP contribution in [-0.4, -0.2) is 57.8 Å². The average molecular weight is 517 g/mol. The predicted molar refractivity (Wildman–Crippen MR) is 149 cm³/mol. The highest BCUT2D eigenvalue weighted by Crippen LogP contribution is 2.32. The summed E-state index contributed by atoms with van der Waals surface area (Å²) in [5.74, 6) is 1.07. The molecule has 0 radical (unpaired) electrons. The lowest BCUT2D eigenvalue weighted by Gasteiger charge is -2.43. The van der Waals surface area contributed by atoms with Crippen LogP contribution in [0.25, 0.3) is 22.0 Å². The number of hydrogen-bond acceptors (Lipinski definition) is 5. The van der Waals surface area contributed by atoms with E-state index in [-0.39, 0.29) is 23.8 Å². The maximum Gasteiger partial charge on any atom is 0.225 e. The molecule has 1 unspecified atom stereocenters. The second-order valence-corrected chi connectivity index (χ2v) is 10.8. The standard InChI is InChI=1S/C30H40N6O2/c1-31-28(37)11-4-2-3-9-25(35-30(38)24-8-7-17-36-16-6-5-10-27(24)36)29-33-20-26(34-29)22-13-12-21-14-15-32-19-23(21)18-22/h12-15,18-20,24-25,27H,2-11,16-17H2,1H3,(H,31,37)(H,33,34)(H,35,38)/t24?,25-,27-/m1/s1. The largest absolute Gasteiger partial charge is 0.359 e. The van der Waals surface area contributed by atoms with Crippen LogP contribution in [0.3, 0.4) is 0 Å². The number of nitrogens with one attached hydrogen (secondary N) is 3. The molecule has 2 amide bonds. The molecule has 202 valence electrons. The number of aromatic amines is 1. The van der Waals surface area contributed by atoms with Crippen molar-refractivity contribution in [1.82, 2.24) is 30.5 Å². The molecule has 3 N–H and O–H groups in total. The zero-order valence-corrected chi connectivity index (χ0v) is 22.4. The van der Waals surface area contributed by atoms with Crippen LogP contribution in [0, 0.1) is 5.92 Å². The van der Waals surface area contributed by atoms with Gasteiger partial charge < -0.3 is 15.6 Å². The van der Waals surface area contributed by atoms with Crippen molar-refractivity contribution in [3.63, 3.8) is 0 Å². The van der Waals surface area contributed by atoms with Gasteiger partial charge in [0.1, 0.15) is 5.82 Å². The van der Waals surface area contributed by atoms with Crippen LogP contribution in [0.1, 0.15) is 76.1 Å². The van der Waals surface area contributed by atoms with E-state index in [9.17, 15) is 9.59 Å². The average Bonchev–Trinajstić information content (AvgIpc) is 3.46. The minimum absolute atomic E-state index is 0.0437. The second kappa shape index (κ2) is 12.5. The van der Waals surface area contributed by atoms with Crippen LogP contribution in [0.4, 0.5) is 0 Å². The summed E-state index contributed by atoms with van der Waals surface area (Å²) in [6.07, 6.45) is 15.2. The zero-order valence-electron chi connectivity index (χ0n) is 22.4. The van der Waals surface area contributed by atoms with E-state index in [1.165, 1.54) is 12.8 Å². The van der Waals surface area contributed by atoms with Crippen molar-refractivity contribution < 1.29 is 9.59 Å². The summed E-state index contributed by atoms with van der Waals surface area (Å²) in [5, 5.41) is 8.31. The molecule has 2 saturated heterocycles. The van der Waals surface area contributed by atoms with Gasteiger partial charge in [0.15, 0.2) is 0 Å². The van der Waals surface area contributed by atoms with Crippen molar-refractivity contribution in [2.24, 2.45) is 5.92 Å². The molecular formula is C30H40N6O2. The number of rotatable bonds is 10. The van der Waals surface area contributed by atoms with Gasteiger partial charge in [-0.05, 0) is 69.1 Å². The Balaban J connectivity index is 1.30. The van der Waals surface area contributed by atoms with Crippen LogP contribution in [-0.2, 0) is 9.59 Å². The van der Waals surface area contributed by atoms with Crippen molar-refractivity contribution >= 4 is 22.6 Å². The molecule has 3 atom stereocenters. The fourth-order valence-electron chi connectivity index (χ4n) is 6.17. The lowest BCUT2D eigenvalue weighted by atomic mass is 9.83. The molecule has 38 heavy (non-hydrogen) atoms. The first-order chi connectivity index (χ1) is 18.6. The summed E-state index contributed by atoms with van der Waals surface area (Å²) in [5.41, 5.74) is 1.98. The number of carbonyl (C=O) groups excluding carboxylic acids is 2. The third-order valence-electron chi connectivity index (χ3n) is 8.30. The second-order valence-electron chi connectivity index (χ2n) is 10.8. The Kier molecular flexibility index (Phi) is 8.68. The molecule has 5 rings (SSSR count). The molecule has 0 saturated carbocycles. The number of nitrogens with zero attached hydrogens (tertiary/aromatic N) is 3. The molecule has 0 aliphatic carbocycles. The number of unbranched alkanes of at least 4 members (excludes halogenated alkanes) is 2. The Morgan fingerprint density at radius 2 is 1.95 bits per heavy atom. The van der Waals surface area contributed by atoms with Crippen molar-refractivity contribution in [2.45, 2.75) is 76.3 Å². The summed E-state index contributed by atoms with van der Waals surface area (Å²) >= 11 is 0. The van der Waals surface area contributed by atoms with E-state index in [1.807, 2.05) is 18.5 Å². The highest BCUT2D eigenvalue weighted by Gasteiger charge is 2.37. The Labute approximate surface area is 225 Å². The fraction of sp³-hybridized carbons (Fsp3) is 0.533. The summed E-state index contributed by atoms with van der Waals surface area (Å²) in [7, 11) is 1.67. The monoisotopic (exact) mass is 516 g/mol. The molecule has 2 fully saturated rings. The van der Waals surface area contributed by atoms with E-state index >= 15 is 0 Å². The van der Waals surface area contributed by atoms with E-state index in [1.54, 1.807) is 13.2 Å². The number of benzene rings is 1. The smallest absolute Gasteiger partial charge is 0.225 e. The van der Waals surface area contributed by atoms with Crippen LogP contribution >= 0.6 is 0 Å². The minimum atomic E-state index is -0.183. The molecule has 3 aromatic rings. The Morgan fingerprint density at radius 3 is 2.84 bits per heavy atom. The number of pyridine rings is 1. The molecular weight excluding hydrogens is 476 g/mol. The Bertz CT molecular complexity index is 1240. The van der Waals surface area contributed by atoms with Crippen molar-refractivity contribution in [1.29, 1.82) is 0 Å². The summed E-state index contributed by atoms with van der Waals surface area (Å²) in [4.78, 5) is 40.3. The zero-order chi connectivity index (χ0) is 26.3. The molecule has 2 aromatic heterocycles. The fourth-order valence-corrected chi connectivity index (χ4v) is 6.17. The number of carbonyl (C=O) groups is 2. The SMILES string of the molecule is CNC(=O)CCCCC[C@@H](NC(=O)C1CCCN2CCCC[C@H]12)c1ncc(-c2ccc3ccncc3c2)[nH]1. The van der Waals surface area contributed by atoms with Gasteiger partial charge in [-0.2, -0.15) is 0 Å². The van der Waals surface area contributed by atoms with Gasteiger partial charge in [0.05, 0.1) is 23.9 Å². The third-order valence-corrected chi connectivity index (χ3v) is 8.30. The van der Waals surface area contributed by atoms with Crippen LogP contribution < -0.4 is 10.6 Å². The van der Waals surface area contributed by atoms with E-state index in [0.29, 0.717) is 12.5 Å². The molecule has 1 aromatic carbocycles. The van der Waals surface area contributed by atoms with Gasteiger partial charge in [0.25, 0.3) is 0 Å². The van der Waals surface area contributed by atoms with Crippen molar-refractivity contribution in [3.05, 3.63) is 48.7 Å². The topological polar surface area (TPSA) is 103 Å². The number of fused-ring (bicyclic) bond motifs is 2. The molecule has 8 nitrogen and oxygen atoms in total. The maximum absolute atomic E-state index is 13.6. The van der Waals surface area contributed by atoms with E-state index in [2.05, 4.69) is 43.7 Å². The maximum atomic E-state index is 13.6. The minimum Gasteiger partial charge on any atom is -0.359 e. The van der Waals surface area contributed by atoms with Crippen molar-refractivity contribution in [2.75, 3.05) is 20.1 Å². The lowest BCUT2D eigenvalue weighted by Crippen LogP contribution is -2.53. The van der Waals surface area contributed by atoms with E-state index in [4.69, 9.17) is 4.98 Å². The van der Waals surface area contributed by atoms with Gasteiger partial charge in [-0.1, -0.05) is 31.4 Å². The molecule has 4 heterocycles. The summed E-state index contributed by atoms with van der Waals surface area (Å²) in [6, 6.07) is 8.49. The van der Waals surface area contributed by atoms with Crippen LogP contribution in [0.5, 0.6) is 0 Å². The van der Waals surface area contributed by atoms with Gasteiger partial charge in [-0.15, -0.1) is 0 Å². The van der Waals surface area contributed by atoms with Gasteiger partial charge >= 0.3 is 0 Å². The number of imidazole rings is 1. The molecule has 2 aliphatic rings. The van der Waals surface area contributed by atoms with Crippen LogP contribution in [0.15, 0.2) is 42.9 Å². The van der Waals surface area contributed by atoms with Gasteiger partial charge in [-0.25, -0.2) is 4.98 Å². The van der Waals surface area contributed by atoms with E-state index < -0.39 is 0 Å².